The number of nitrogens with two attached hydrogens (primary N) is 1. The summed E-state index contributed by atoms with van der Waals surface area (Å²) in [7, 11) is -3.51. The average molecular weight is 310 g/mol. The van der Waals surface area contributed by atoms with Gasteiger partial charge in [0, 0.05) is 17.1 Å². The smallest absolute Gasteiger partial charge is 0.241 e. The van der Waals surface area contributed by atoms with Crippen molar-refractivity contribution in [1.29, 1.82) is 0 Å². The van der Waals surface area contributed by atoms with Gasteiger partial charge in [0.2, 0.25) is 10.0 Å². The molecule has 0 aliphatic rings. The molecule has 0 radical (unpaired) electrons. The summed E-state index contributed by atoms with van der Waals surface area (Å²) in [5, 5.41) is 1.98. The van der Waals surface area contributed by atoms with Crippen molar-refractivity contribution in [2.45, 2.75) is 31.7 Å². The molecule has 2 aromatic rings. The summed E-state index contributed by atoms with van der Waals surface area (Å²) in [6.45, 7) is 4.13. The number of anilines is 1. The van der Waals surface area contributed by atoms with Gasteiger partial charge in [0.15, 0.2) is 0 Å². The zero-order valence-electron chi connectivity index (χ0n) is 11.5. The Hall–Kier alpha value is -1.37. The van der Waals surface area contributed by atoms with Crippen molar-refractivity contribution in [2.75, 3.05) is 5.73 Å². The van der Waals surface area contributed by atoms with E-state index in [1.54, 1.807) is 36.5 Å². The second-order valence-corrected chi connectivity index (χ2v) is 7.31. The minimum Gasteiger partial charge on any atom is -0.399 e. The number of sulfonamides is 1. The van der Waals surface area contributed by atoms with E-state index < -0.39 is 10.0 Å². The molecule has 1 aromatic carbocycles. The van der Waals surface area contributed by atoms with E-state index in [2.05, 4.69) is 11.6 Å². The van der Waals surface area contributed by atoms with Crippen LogP contribution < -0.4 is 10.5 Å². The van der Waals surface area contributed by atoms with Crippen LogP contribution in [0.3, 0.4) is 0 Å². The van der Waals surface area contributed by atoms with E-state index in [1.807, 2.05) is 11.4 Å². The molecule has 3 N–H and O–H groups in total. The number of hydrogen-bond donors (Lipinski definition) is 2. The second kappa shape index (κ2) is 5.95. The number of benzene rings is 1. The minimum atomic E-state index is -3.51. The van der Waals surface area contributed by atoms with Crippen LogP contribution in [-0.2, 0) is 23.0 Å². The van der Waals surface area contributed by atoms with Crippen molar-refractivity contribution >= 4 is 27.0 Å². The summed E-state index contributed by atoms with van der Waals surface area (Å²) < 4.78 is 27.3. The monoisotopic (exact) mass is 310 g/mol. The van der Waals surface area contributed by atoms with E-state index in [4.69, 9.17) is 5.73 Å². The molecule has 20 heavy (non-hydrogen) atoms. The Bertz CT molecular complexity index is 706. The first-order valence-electron chi connectivity index (χ1n) is 6.35. The van der Waals surface area contributed by atoms with Crippen LogP contribution in [0.4, 0.5) is 5.69 Å². The molecule has 0 spiro atoms. The quantitative estimate of drug-likeness (QED) is 0.834. The minimum absolute atomic E-state index is 0.279. The molecule has 0 saturated heterocycles. The summed E-state index contributed by atoms with van der Waals surface area (Å²) in [6.07, 6.45) is 0.904. The van der Waals surface area contributed by atoms with Crippen LogP contribution in [0.5, 0.6) is 0 Å². The predicted octanol–water partition coefficient (Wildman–Crippen LogP) is 2.68. The van der Waals surface area contributed by atoms with Gasteiger partial charge in [0.05, 0.1) is 4.90 Å². The Kier molecular flexibility index (Phi) is 4.47. The van der Waals surface area contributed by atoms with Crippen LogP contribution in [0.15, 0.2) is 34.5 Å². The zero-order chi connectivity index (χ0) is 14.8. The molecule has 0 unspecified atom stereocenters. The molecule has 6 heteroatoms. The van der Waals surface area contributed by atoms with Gasteiger partial charge in [-0.15, -0.1) is 11.3 Å². The molecule has 1 aromatic heterocycles. The number of hydrogen-bond acceptors (Lipinski definition) is 4. The van der Waals surface area contributed by atoms with E-state index in [0.717, 1.165) is 11.3 Å². The molecular formula is C14H18N2O2S2. The Morgan fingerprint density at radius 3 is 2.70 bits per heavy atom. The molecule has 0 aliphatic heterocycles. The highest BCUT2D eigenvalue weighted by atomic mass is 32.2. The maximum atomic E-state index is 12.3. The van der Waals surface area contributed by atoms with Crippen LogP contribution in [0.1, 0.15) is 22.9 Å². The molecule has 0 bridgehead atoms. The van der Waals surface area contributed by atoms with Crippen molar-refractivity contribution < 1.29 is 8.42 Å². The van der Waals surface area contributed by atoms with Gasteiger partial charge in [-0.1, -0.05) is 6.92 Å². The normalized spacial score (nSPS) is 11.7. The molecule has 0 atom stereocenters. The molecule has 0 fully saturated rings. The van der Waals surface area contributed by atoms with Gasteiger partial charge in [0.1, 0.15) is 0 Å². The van der Waals surface area contributed by atoms with E-state index in [-0.39, 0.29) is 4.90 Å². The number of nitrogen functional groups attached to an aromatic ring is 1. The maximum Gasteiger partial charge on any atom is 0.241 e. The number of thiophene rings is 1. The van der Waals surface area contributed by atoms with E-state index >= 15 is 0 Å². The Morgan fingerprint density at radius 2 is 2.05 bits per heavy atom. The van der Waals surface area contributed by atoms with E-state index in [1.165, 1.54) is 5.56 Å². The number of aryl methyl sites for hydroxylation is 2. The zero-order valence-corrected chi connectivity index (χ0v) is 13.1. The molecule has 4 nitrogen and oxygen atoms in total. The highest BCUT2D eigenvalue weighted by Gasteiger charge is 2.17. The van der Waals surface area contributed by atoms with E-state index in [9.17, 15) is 8.42 Å². The highest BCUT2D eigenvalue weighted by Crippen LogP contribution is 2.20. The molecule has 1 heterocycles. The molecule has 0 aliphatic carbocycles. The number of rotatable bonds is 5. The Balaban J connectivity index is 2.19. The fourth-order valence-corrected chi connectivity index (χ4v) is 4.28. The van der Waals surface area contributed by atoms with Crippen molar-refractivity contribution in [3.05, 3.63) is 45.6 Å². The lowest BCUT2D eigenvalue weighted by atomic mass is 10.2. The van der Waals surface area contributed by atoms with Gasteiger partial charge in [-0.3, -0.25) is 0 Å². The van der Waals surface area contributed by atoms with Gasteiger partial charge < -0.3 is 5.73 Å². The van der Waals surface area contributed by atoms with Gasteiger partial charge in [-0.25, -0.2) is 13.1 Å². The Morgan fingerprint density at radius 1 is 1.30 bits per heavy atom. The fraction of sp³-hybridized carbons (Fsp3) is 0.286. The topological polar surface area (TPSA) is 72.2 Å². The standard InChI is InChI=1S/C14H18N2O2S2/c1-3-11-6-7-19-13(11)9-16-20(17,18)14-5-4-12(15)8-10(14)2/h4-8,16H,3,9,15H2,1-2H3. The third-order valence-electron chi connectivity index (χ3n) is 3.13. The molecule has 0 amide bonds. The second-order valence-electron chi connectivity index (χ2n) is 4.57. The summed E-state index contributed by atoms with van der Waals surface area (Å²) in [5.74, 6) is 0. The average Bonchev–Trinajstić information content (AvgIpc) is 2.83. The van der Waals surface area contributed by atoms with Crippen LogP contribution in [0.25, 0.3) is 0 Å². The van der Waals surface area contributed by atoms with E-state index in [0.29, 0.717) is 17.8 Å². The maximum absolute atomic E-state index is 12.3. The lowest BCUT2D eigenvalue weighted by Crippen LogP contribution is -2.24. The third-order valence-corrected chi connectivity index (χ3v) is 5.65. The van der Waals surface area contributed by atoms with Gasteiger partial charge in [0.25, 0.3) is 0 Å². The van der Waals surface area contributed by atoms with Gasteiger partial charge in [-0.2, -0.15) is 0 Å². The first-order chi connectivity index (χ1) is 9.44. The van der Waals surface area contributed by atoms with Crippen LogP contribution in [0.2, 0.25) is 0 Å². The van der Waals surface area contributed by atoms with Crippen LogP contribution in [-0.4, -0.2) is 8.42 Å². The molecule has 0 saturated carbocycles. The molecular weight excluding hydrogens is 292 g/mol. The molecule has 108 valence electrons. The largest absolute Gasteiger partial charge is 0.399 e. The Labute approximate surface area is 123 Å². The summed E-state index contributed by atoms with van der Waals surface area (Å²) in [6, 6.07) is 6.84. The van der Waals surface area contributed by atoms with Crippen molar-refractivity contribution in [3.63, 3.8) is 0 Å². The van der Waals surface area contributed by atoms with Crippen molar-refractivity contribution in [1.82, 2.24) is 4.72 Å². The van der Waals surface area contributed by atoms with Crippen LogP contribution in [0, 0.1) is 6.92 Å². The molecule has 2 rings (SSSR count). The highest BCUT2D eigenvalue weighted by molar-refractivity contribution is 7.89. The van der Waals surface area contributed by atoms with Crippen molar-refractivity contribution in [2.24, 2.45) is 0 Å². The SMILES string of the molecule is CCc1ccsc1CNS(=O)(=O)c1ccc(N)cc1C. The van der Waals surface area contributed by atoms with Gasteiger partial charge in [-0.05, 0) is 54.1 Å². The lowest BCUT2D eigenvalue weighted by molar-refractivity contribution is 0.581. The van der Waals surface area contributed by atoms with Gasteiger partial charge >= 0.3 is 0 Å². The summed E-state index contributed by atoms with van der Waals surface area (Å²) in [5.41, 5.74) is 8.05. The fourth-order valence-electron chi connectivity index (χ4n) is 2.05. The summed E-state index contributed by atoms with van der Waals surface area (Å²) >= 11 is 1.57. The first kappa shape index (κ1) is 15.0. The predicted molar refractivity (Wildman–Crippen MR) is 83.3 cm³/mol. The first-order valence-corrected chi connectivity index (χ1v) is 8.71. The number of nitrogens with one attached hydrogen (secondary N) is 1. The van der Waals surface area contributed by atoms with Crippen molar-refractivity contribution in [3.8, 4) is 0 Å². The summed E-state index contributed by atoms with van der Waals surface area (Å²) in [4.78, 5) is 1.34. The lowest BCUT2D eigenvalue weighted by Gasteiger charge is -2.10. The third kappa shape index (κ3) is 3.20. The van der Waals surface area contributed by atoms with Crippen LogP contribution >= 0.6 is 11.3 Å².